The predicted octanol–water partition coefficient (Wildman–Crippen LogP) is 2.65. The van der Waals surface area contributed by atoms with Crippen molar-refractivity contribution in [2.45, 2.75) is 32.7 Å². The molecule has 0 aliphatic carbocycles. The monoisotopic (exact) mass is 271 g/mol. The van der Waals surface area contributed by atoms with Gasteiger partial charge in [-0.05, 0) is 22.6 Å². The van der Waals surface area contributed by atoms with E-state index in [1.54, 1.807) is 24.0 Å². The first-order chi connectivity index (χ1) is 9.38. The van der Waals surface area contributed by atoms with Crippen molar-refractivity contribution in [3.63, 3.8) is 0 Å². The van der Waals surface area contributed by atoms with Crippen LogP contribution in [-0.2, 0) is 19.0 Å². The van der Waals surface area contributed by atoms with Crippen LogP contribution in [0.4, 0.5) is 0 Å². The van der Waals surface area contributed by atoms with Gasteiger partial charge in [-0.2, -0.15) is 5.10 Å². The molecule has 0 saturated heterocycles. The van der Waals surface area contributed by atoms with Gasteiger partial charge in [0.25, 0.3) is 5.91 Å². The first kappa shape index (κ1) is 14.3. The lowest BCUT2D eigenvalue weighted by Crippen LogP contribution is -2.25. The molecule has 1 N–H and O–H groups in total. The number of hydrogen-bond acceptors (Lipinski definition) is 2. The summed E-state index contributed by atoms with van der Waals surface area (Å²) in [7, 11) is 1.76. The molecule has 2 aromatic rings. The number of hydrogen-bond donors (Lipinski definition) is 1. The Morgan fingerprint density at radius 2 is 1.85 bits per heavy atom. The number of nitrogens with one attached hydrogen (secondary N) is 1. The summed E-state index contributed by atoms with van der Waals surface area (Å²) >= 11 is 0. The van der Waals surface area contributed by atoms with E-state index in [1.165, 1.54) is 5.56 Å². The highest BCUT2D eigenvalue weighted by atomic mass is 16.2. The molecule has 4 heteroatoms. The molecule has 0 bridgehead atoms. The maximum atomic E-state index is 12.0. The SMILES string of the molecule is Cn1nccc1C(=O)NCc1ccc(C(C)(C)C)cc1. The minimum atomic E-state index is -0.107. The summed E-state index contributed by atoms with van der Waals surface area (Å²) in [5.41, 5.74) is 3.10. The number of aryl methyl sites for hydroxylation is 1. The van der Waals surface area contributed by atoms with Gasteiger partial charge in [0.05, 0.1) is 0 Å². The van der Waals surface area contributed by atoms with Crippen molar-refractivity contribution in [2.75, 3.05) is 0 Å². The molecular weight excluding hydrogens is 250 g/mol. The Morgan fingerprint density at radius 3 is 2.35 bits per heavy atom. The summed E-state index contributed by atoms with van der Waals surface area (Å²) in [6.07, 6.45) is 1.62. The second-order valence-corrected chi connectivity index (χ2v) is 5.97. The van der Waals surface area contributed by atoms with E-state index in [2.05, 4.69) is 55.5 Å². The molecule has 20 heavy (non-hydrogen) atoms. The van der Waals surface area contributed by atoms with E-state index in [-0.39, 0.29) is 11.3 Å². The smallest absolute Gasteiger partial charge is 0.269 e. The highest BCUT2D eigenvalue weighted by Gasteiger charge is 2.13. The van der Waals surface area contributed by atoms with E-state index >= 15 is 0 Å². The molecule has 0 aliphatic rings. The minimum absolute atomic E-state index is 0.107. The van der Waals surface area contributed by atoms with Crippen LogP contribution in [-0.4, -0.2) is 15.7 Å². The fourth-order valence-corrected chi connectivity index (χ4v) is 1.99. The number of carbonyl (C=O) groups is 1. The average molecular weight is 271 g/mol. The molecule has 0 spiro atoms. The van der Waals surface area contributed by atoms with Crippen LogP contribution in [0.1, 0.15) is 42.4 Å². The van der Waals surface area contributed by atoms with Crippen LogP contribution >= 0.6 is 0 Å². The van der Waals surface area contributed by atoms with E-state index in [4.69, 9.17) is 0 Å². The van der Waals surface area contributed by atoms with Crippen molar-refractivity contribution in [3.05, 3.63) is 53.3 Å². The van der Waals surface area contributed by atoms with Gasteiger partial charge in [-0.25, -0.2) is 0 Å². The van der Waals surface area contributed by atoms with Crippen LogP contribution in [0.2, 0.25) is 0 Å². The van der Waals surface area contributed by atoms with Crippen molar-refractivity contribution >= 4 is 5.91 Å². The van der Waals surface area contributed by atoms with Gasteiger partial charge in [0.15, 0.2) is 0 Å². The van der Waals surface area contributed by atoms with Crippen molar-refractivity contribution in [3.8, 4) is 0 Å². The van der Waals surface area contributed by atoms with Gasteiger partial charge in [0.1, 0.15) is 5.69 Å². The van der Waals surface area contributed by atoms with Crippen molar-refractivity contribution in [1.82, 2.24) is 15.1 Å². The molecule has 4 nitrogen and oxygen atoms in total. The van der Waals surface area contributed by atoms with Gasteiger partial charge in [0, 0.05) is 19.8 Å². The minimum Gasteiger partial charge on any atom is -0.347 e. The quantitative estimate of drug-likeness (QED) is 0.933. The second-order valence-electron chi connectivity index (χ2n) is 5.97. The Labute approximate surface area is 119 Å². The van der Waals surface area contributed by atoms with Crippen molar-refractivity contribution in [2.24, 2.45) is 7.05 Å². The number of aromatic nitrogens is 2. The van der Waals surface area contributed by atoms with E-state index in [0.717, 1.165) is 5.56 Å². The third kappa shape index (κ3) is 3.26. The van der Waals surface area contributed by atoms with Gasteiger partial charge in [-0.3, -0.25) is 9.48 Å². The van der Waals surface area contributed by atoms with Crippen LogP contribution < -0.4 is 5.32 Å². The van der Waals surface area contributed by atoms with Gasteiger partial charge < -0.3 is 5.32 Å². The zero-order chi connectivity index (χ0) is 14.8. The van der Waals surface area contributed by atoms with E-state index in [0.29, 0.717) is 12.2 Å². The summed E-state index contributed by atoms with van der Waals surface area (Å²) in [6, 6.07) is 10.1. The first-order valence-corrected chi connectivity index (χ1v) is 6.73. The Morgan fingerprint density at radius 1 is 1.20 bits per heavy atom. The molecule has 0 aliphatic heterocycles. The molecule has 1 amide bonds. The van der Waals surface area contributed by atoms with Gasteiger partial charge in [0.2, 0.25) is 0 Å². The highest BCUT2D eigenvalue weighted by molar-refractivity contribution is 5.92. The molecule has 0 unspecified atom stereocenters. The maximum Gasteiger partial charge on any atom is 0.269 e. The average Bonchev–Trinajstić information content (AvgIpc) is 2.82. The number of carbonyl (C=O) groups excluding carboxylic acids is 1. The van der Waals surface area contributed by atoms with E-state index in [1.807, 2.05) is 0 Å². The van der Waals surface area contributed by atoms with Crippen LogP contribution in [0.25, 0.3) is 0 Å². The predicted molar refractivity (Wildman–Crippen MR) is 79.5 cm³/mol. The Balaban J connectivity index is 1.98. The van der Waals surface area contributed by atoms with Crippen LogP contribution in [0.3, 0.4) is 0 Å². The molecule has 1 aromatic heterocycles. The summed E-state index contributed by atoms with van der Waals surface area (Å²) in [6.45, 7) is 7.08. The molecule has 1 heterocycles. The van der Waals surface area contributed by atoms with Crippen LogP contribution in [0.5, 0.6) is 0 Å². The standard InChI is InChI=1S/C16H21N3O/c1-16(2,3)13-7-5-12(6-8-13)11-17-15(20)14-9-10-18-19(14)4/h5-10H,11H2,1-4H3,(H,17,20). The van der Waals surface area contributed by atoms with Crippen LogP contribution in [0, 0.1) is 0 Å². The van der Waals surface area contributed by atoms with E-state index < -0.39 is 0 Å². The lowest BCUT2D eigenvalue weighted by Gasteiger charge is -2.19. The number of amides is 1. The highest BCUT2D eigenvalue weighted by Crippen LogP contribution is 2.22. The van der Waals surface area contributed by atoms with Gasteiger partial charge in [-0.1, -0.05) is 45.0 Å². The Kier molecular flexibility index (Phi) is 3.93. The topological polar surface area (TPSA) is 46.9 Å². The molecule has 1 aromatic carbocycles. The van der Waals surface area contributed by atoms with Gasteiger partial charge in [-0.15, -0.1) is 0 Å². The maximum absolute atomic E-state index is 12.0. The third-order valence-electron chi connectivity index (χ3n) is 3.33. The largest absolute Gasteiger partial charge is 0.347 e. The number of nitrogens with zero attached hydrogens (tertiary/aromatic N) is 2. The Bertz CT molecular complexity index is 591. The van der Waals surface area contributed by atoms with Gasteiger partial charge >= 0.3 is 0 Å². The summed E-state index contributed by atoms with van der Waals surface area (Å²) < 4.78 is 1.57. The fourth-order valence-electron chi connectivity index (χ4n) is 1.99. The van der Waals surface area contributed by atoms with Crippen molar-refractivity contribution in [1.29, 1.82) is 0 Å². The first-order valence-electron chi connectivity index (χ1n) is 6.73. The molecule has 106 valence electrons. The third-order valence-corrected chi connectivity index (χ3v) is 3.33. The lowest BCUT2D eigenvalue weighted by molar-refractivity contribution is 0.0941. The molecule has 0 atom stereocenters. The molecule has 0 fully saturated rings. The van der Waals surface area contributed by atoms with Crippen LogP contribution in [0.15, 0.2) is 36.5 Å². The lowest BCUT2D eigenvalue weighted by atomic mass is 9.87. The Hall–Kier alpha value is -2.10. The number of benzene rings is 1. The molecule has 0 saturated carbocycles. The summed E-state index contributed by atoms with van der Waals surface area (Å²) in [4.78, 5) is 12.0. The molecule has 0 radical (unpaired) electrons. The molecule has 2 rings (SSSR count). The zero-order valence-corrected chi connectivity index (χ0v) is 12.5. The summed E-state index contributed by atoms with van der Waals surface area (Å²) in [5, 5.41) is 6.89. The van der Waals surface area contributed by atoms with E-state index in [9.17, 15) is 4.79 Å². The summed E-state index contributed by atoms with van der Waals surface area (Å²) in [5.74, 6) is -0.107. The zero-order valence-electron chi connectivity index (χ0n) is 12.5. The fraction of sp³-hybridized carbons (Fsp3) is 0.375. The second kappa shape index (κ2) is 5.49. The molecular formula is C16H21N3O. The normalized spacial score (nSPS) is 11.4. The number of rotatable bonds is 3. The van der Waals surface area contributed by atoms with Crippen molar-refractivity contribution < 1.29 is 4.79 Å².